The third kappa shape index (κ3) is 4.10. The number of nitrogens with zero attached hydrogens (tertiary/aromatic N) is 1. The quantitative estimate of drug-likeness (QED) is 0.908. The van der Waals surface area contributed by atoms with Crippen molar-refractivity contribution in [2.75, 3.05) is 19.7 Å². The van der Waals surface area contributed by atoms with Crippen LogP contribution in [0.15, 0.2) is 24.3 Å². The lowest BCUT2D eigenvalue weighted by atomic mass is 10.1. The van der Waals surface area contributed by atoms with Crippen molar-refractivity contribution in [1.29, 1.82) is 0 Å². The second-order valence-electron chi connectivity index (χ2n) is 4.74. The molecule has 0 radical (unpaired) electrons. The summed E-state index contributed by atoms with van der Waals surface area (Å²) >= 11 is 0. The molecule has 0 bridgehead atoms. The van der Waals surface area contributed by atoms with Gasteiger partial charge in [-0.3, -0.25) is 10.1 Å². The molecule has 7 heteroatoms. The van der Waals surface area contributed by atoms with Gasteiger partial charge in [-0.1, -0.05) is 12.1 Å². The molecule has 1 aromatic carbocycles. The third-order valence-electron chi connectivity index (χ3n) is 3.22. The van der Waals surface area contributed by atoms with Gasteiger partial charge in [0.15, 0.2) is 0 Å². The Balaban J connectivity index is 2.07. The molecule has 2 rings (SSSR count). The lowest BCUT2D eigenvalue weighted by Gasteiger charge is -2.25. The average molecular weight is 302 g/mol. The van der Waals surface area contributed by atoms with Gasteiger partial charge in [0, 0.05) is 6.54 Å². The van der Waals surface area contributed by atoms with E-state index in [4.69, 9.17) is 4.74 Å². The summed E-state index contributed by atoms with van der Waals surface area (Å²) in [5.41, 5.74) is 0.742. The lowest BCUT2D eigenvalue weighted by Crippen LogP contribution is -2.33. The molecule has 1 aliphatic heterocycles. The van der Waals surface area contributed by atoms with Crippen LogP contribution in [0.25, 0.3) is 0 Å². The van der Waals surface area contributed by atoms with Gasteiger partial charge in [-0.2, -0.15) is 13.2 Å². The molecule has 0 saturated carbocycles. The molecule has 1 N–H and O–H groups in total. The molecule has 1 atom stereocenters. The molecule has 1 amide bonds. The van der Waals surface area contributed by atoms with E-state index >= 15 is 0 Å². The molecule has 21 heavy (non-hydrogen) atoms. The molecule has 0 aliphatic carbocycles. The smallest absolute Gasteiger partial charge is 0.390 e. The highest BCUT2D eigenvalue weighted by Gasteiger charge is 2.35. The topological polar surface area (TPSA) is 41.6 Å². The molecule has 4 nitrogen and oxygen atoms in total. The zero-order chi connectivity index (χ0) is 15.5. The van der Waals surface area contributed by atoms with Crippen molar-refractivity contribution in [2.24, 2.45) is 0 Å². The molecular weight excluding hydrogens is 285 g/mol. The van der Waals surface area contributed by atoms with Gasteiger partial charge >= 0.3 is 6.18 Å². The van der Waals surface area contributed by atoms with E-state index in [0.717, 1.165) is 5.56 Å². The fourth-order valence-corrected chi connectivity index (χ4v) is 2.25. The Morgan fingerprint density at radius 2 is 2.00 bits per heavy atom. The van der Waals surface area contributed by atoms with Gasteiger partial charge < -0.3 is 9.64 Å². The first kappa shape index (κ1) is 15.6. The Hall–Kier alpha value is -1.76. The Morgan fingerprint density at radius 3 is 2.57 bits per heavy atom. The predicted octanol–water partition coefficient (Wildman–Crippen LogP) is 2.47. The fraction of sp³-hybridized carbons (Fsp3) is 0.500. The zero-order valence-corrected chi connectivity index (χ0v) is 11.6. The maximum atomic E-state index is 12.3. The number of rotatable bonds is 5. The Labute approximate surface area is 120 Å². The van der Waals surface area contributed by atoms with Crippen LogP contribution in [0.3, 0.4) is 0 Å². The third-order valence-corrected chi connectivity index (χ3v) is 3.22. The molecule has 0 spiro atoms. The summed E-state index contributed by atoms with van der Waals surface area (Å²) in [7, 11) is 0. The van der Waals surface area contributed by atoms with Crippen molar-refractivity contribution in [3.8, 4) is 5.75 Å². The first-order valence-corrected chi connectivity index (χ1v) is 6.73. The highest BCUT2D eigenvalue weighted by Crippen LogP contribution is 2.27. The van der Waals surface area contributed by atoms with Crippen molar-refractivity contribution in [1.82, 2.24) is 10.2 Å². The summed E-state index contributed by atoms with van der Waals surface area (Å²) in [6, 6.07) is 6.99. The van der Waals surface area contributed by atoms with Gasteiger partial charge in [0.1, 0.15) is 11.9 Å². The number of carbonyl (C=O) groups is 1. The monoisotopic (exact) mass is 302 g/mol. The number of carbonyl (C=O) groups excluding carboxylic acids is 1. The molecule has 1 unspecified atom stereocenters. The van der Waals surface area contributed by atoms with Crippen LogP contribution in [0.1, 0.15) is 25.1 Å². The van der Waals surface area contributed by atoms with Gasteiger partial charge in [-0.05, 0) is 24.6 Å². The maximum absolute atomic E-state index is 12.3. The van der Waals surface area contributed by atoms with Crippen LogP contribution in [0, 0.1) is 0 Å². The summed E-state index contributed by atoms with van der Waals surface area (Å²) < 4.78 is 42.3. The first-order valence-electron chi connectivity index (χ1n) is 6.73. The first-order chi connectivity index (χ1) is 9.90. The van der Waals surface area contributed by atoms with Crippen molar-refractivity contribution < 1.29 is 22.7 Å². The number of benzene rings is 1. The van der Waals surface area contributed by atoms with E-state index < -0.39 is 18.8 Å². The van der Waals surface area contributed by atoms with E-state index in [2.05, 4.69) is 5.32 Å². The maximum Gasteiger partial charge on any atom is 0.390 e. The Kier molecular flexibility index (Phi) is 4.72. The van der Waals surface area contributed by atoms with Gasteiger partial charge in [0.25, 0.3) is 0 Å². The van der Waals surface area contributed by atoms with Crippen LogP contribution in [0.4, 0.5) is 13.2 Å². The SMILES string of the molecule is CCOc1ccc(C2NCC(=O)N2CCC(F)(F)F)cc1. The van der Waals surface area contributed by atoms with Crippen LogP contribution in [0.5, 0.6) is 5.75 Å². The molecular formula is C14H17F3N2O2. The summed E-state index contributed by atoms with van der Waals surface area (Å²) in [6.45, 7) is 2.12. The van der Waals surface area contributed by atoms with Crippen molar-refractivity contribution in [3.63, 3.8) is 0 Å². The number of ether oxygens (including phenoxy) is 1. The van der Waals surface area contributed by atoms with Crippen LogP contribution in [0.2, 0.25) is 0 Å². The standard InChI is InChI=1S/C14H17F3N2O2/c1-2-21-11-5-3-10(4-6-11)13-18-9-12(20)19(13)8-7-14(15,16)17/h3-6,13,18H,2,7-9H2,1H3. The van der Waals surface area contributed by atoms with E-state index in [9.17, 15) is 18.0 Å². The summed E-state index contributed by atoms with van der Waals surface area (Å²) in [5.74, 6) is 0.366. The Morgan fingerprint density at radius 1 is 1.33 bits per heavy atom. The molecule has 1 fully saturated rings. The van der Waals surface area contributed by atoms with Crippen molar-refractivity contribution >= 4 is 5.91 Å². The molecule has 116 valence electrons. The molecule has 1 heterocycles. The molecule has 1 aliphatic rings. The molecule has 1 aromatic rings. The number of halogens is 3. The summed E-state index contributed by atoms with van der Waals surface area (Å²) in [4.78, 5) is 12.9. The van der Waals surface area contributed by atoms with Gasteiger partial charge in [0.2, 0.25) is 5.91 Å². The molecule has 1 saturated heterocycles. The molecule has 0 aromatic heterocycles. The summed E-state index contributed by atoms with van der Waals surface area (Å²) in [5, 5.41) is 2.93. The number of nitrogens with one attached hydrogen (secondary N) is 1. The second kappa shape index (κ2) is 6.34. The number of hydrogen-bond acceptors (Lipinski definition) is 3. The van der Waals surface area contributed by atoms with E-state index in [-0.39, 0.29) is 19.0 Å². The van der Waals surface area contributed by atoms with Crippen LogP contribution >= 0.6 is 0 Å². The largest absolute Gasteiger partial charge is 0.494 e. The fourth-order valence-electron chi connectivity index (χ4n) is 2.25. The second-order valence-corrected chi connectivity index (χ2v) is 4.74. The van der Waals surface area contributed by atoms with Crippen LogP contribution in [-0.4, -0.2) is 36.7 Å². The minimum absolute atomic E-state index is 0.0513. The van der Waals surface area contributed by atoms with Gasteiger partial charge in [0.05, 0.1) is 19.6 Å². The van der Waals surface area contributed by atoms with Gasteiger partial charge in [-0.25, -0.2) is 0 Å². The van der Waals surface area contributed by atoms with Crippen LogP contribution in [-0.2, 0) is 4.79 Å². The van der Waals surface area contributed by atoms with E-state index in [1.165, 1.54) is 4.90 Å². The van der Waals surface area contributed by atoms with E-state index in [0.29, 0.717) is 12.4 Å². The predicted molar refractivity (Wildman–Crippen MR) is 70.7 cm³/mol. The van der Waals surface area contributed by atoms with Gasteiger partial charge in [-0.15, -0.1) is 0 Å². The number of hydrogen-bond donors (Lipinski definition) is 1. The number of amides is 1. The number of alkyl halides is 3. The average Bonchev–Trinajstić information content (AvgIpc) is 2.78. The lowest BCUT2D eigenvalue weighted by molar-refractivity contribution is -0.144. The normalized spacial score (nSPS) is 19.1. The van der Waals surface area contributed by atoms with Crippen LogP contribution < -0.4 is 10.1 Å². The van der Waals surface area contributed by atoms with Crippen molar-refractivity contribution in [2.45, 2.75) is 25.7 Å². The highest BCUT2D eigenvalue weighted by atomic mass is 19.4. The minimum atomic E-state index is -4.27. The van der Waals surface area contributed by atoms with E-state index in [1.807, 2.05) is 6.92 Å². The highest BCUT2D eigenvalue weighted by molar-refractivity contribution is 5.80. The van der Waals surface area contributed by atoms with E-state index in [1.54, 1.807) is 24.3 Å². The van der Waals surface area contributed by atoms with Crippen molar-refractivity contribution in [3.05, 3.63) is 29.8 Å². The Bertz CT molecular complexity index is 488. The summed E-state index contributed by atoms with van der Waals surface area (Å²) in [6.07, 6.45) is -5.80. The minimum Gasteiger partial charge on any atom is -0.494 e. The zero-order valence-electron chi connectivity index (χ0n) is 11.6.